The van der Waals surface area contributed by atoms with Gasteiger partial charge in [0.2, 0.25) is 0 Å². The average molecular weight is 247 g/mol. The molecule has 0 heterocycles. The van der Waals surface area contributed by atoms with Crippen molar-refractivity contribution in [1.29, 1.82) is 5.26 Å². The molecule has 0 atom stereocenters. The van der Waals surface area contributed by atoms with Gasteiger partial charge in [0.1, 0.15) is 0 Å². The summed E-state index contributed by atoms with van der Waals surface area (Å²) in [6.45, 7) is 0. The molecule has 0 spiro atoms. The number of hydrogen-bond acceptors (Lipinski definition) is 1. The van der Waals surface area contributed by atoms with Crippen molar-refractivity contribution in [3.8, 4) is 17.2 Å². The smallest absolute Gasteiger partial charge is 0.192 e. The minimum atomic E-state index is -4.47. The molecule has 1 nitrogen and oxygen atoms in total. The van der Waals surface area contributed by atoms with E-state index in [1.807, 2.05) is 0 Å². The Kier molecular flexibility index (Phi) is 3.07. The first-order chi connectivity index (χ1) is 8.54. The average Bonchev–Trinajstić information content (AvgIpc) is 2.38. The molecule has 0 aliphatic carbocycles. The van der Waals surface area contributed by atoms with Crippen LogP contribution in [0.25, 0.3) is 11.1 Å². The molecule has 2 rings (SSSR count). The van der Waals surface area contributed by atoms with Crippen molar-refractivity contribution in [2.75, 3.05) is 0 Å². The highest BCUT2D eigenvalue weighted by Crippen LogP contribution is 2.38. The molecular formula is C14H8F3N. The zero-order chi connectivity index (χ0) is 13.2. The van der Waals surface area contributed by atoms with Gasteiger partial charge in [0.25, 0.3) is 0 Å². The van der Waals surface area contributed by atoms with Gasteiger partial charge in [0.05, 0.1) is 17.2 Å². The van der Waals surface area contributed by atoms with Gasteiger partial charge in [0.15, 0.2) is 0 Å². The number of nitrogens with zero attached hydrogens (tertiary/aromatic N) is 1. The second-order valence-electron chi connectivity index (χ2n) is 3.70. The highest BCUT2D eigenvalue weighted by molar-refractivity contribution is 5.74. The maximum Gasteiger partial charge on any atom is 0.417 e. The summed E-state index contributed by atoms with van der Waals surface area (Å²) in [7, 11) is 0. The molecule has 0 amide bonds. The molecule has 4 heteroatoms. The maximum absolute atomic E-state index is 12.9. The van der Waals surface area contributed by atoms with Crippen molar-refractivity contribution in [3.63, 3.8) is 0 Å². The van der Waals surface area contributed by atoms with E-state index in [9.17, 15) is 13.2 Å². The standard InChI is InChI=1S/C14H8F3N/c15-14(16,17)12-8-4-7-11(9-18)13(12)10-5-2-1-3-6-10/h1-8H. The monoisotopic (exact) mass is 247 g/mol. The van der Waals surface area contributed by atoms with E-state index in [1.54, 1.807) is 36.4 Å². The van der Waals surface area contributed by atoms with Gasteiger partial charge in [-0.3, -0.25) is 0 Å². The summed E-state index contributed by atoms with van der Waals surface area (Å²) in [4.78, 5) is 0. The highest BCUT2D eigenvalue weighted by Gasteiger charge is 2.34. The Bertz CT molecular complexity index is 595. The summed E-state index contributed by atoms with van der Waals surface area (Å²) < 4.78 is 38.8. The third-order valence-electron chi connectivity index (χ3n) is 2.55. The van der Waals surface area contributed by atoms with Gasteiger partial charge in [-0.15, -0.1) is 0 Å². The normalized spacial score (nSPS) is 11.0. The van der Waals surface area contributed by atoms with Crippen LogP contribution in [0.15, 0.2) is 48.5 Å². The fourth-order valence-electron chi connectivity index (χ4n) is 1.80. The Balaban J connectivity index is 2.76. The van der Waals surface area contributed by atoms with Gasteiger partial charge in [-0.2, -0.15) is 18.4 Å². The molecule has 0 radical (unpaired) electrons. The number of hydrogen-bond donors (Lipinski definition) is 0. The van der Waals surface area contributed by atoms with Crippen LogP contribution < -0.4 is 0 Å². The lowest BCUT2D eigenvalue weighted by molar-refractivity contribution is -0.137. The summed E-state index contributed by atoms with van der Waals surface area (Å²) >= 11 is 0. The summed E-state index contributed by atoms with van der Waals surface area (Å²) in [5, 5.41) is 8.95. The molecule has 0 bridgehead atoms. The topological polar surface area (TPSA) is 23.8 Å². The summed E-state index contributed by atoms with van der Waals surface area (Å²) in [6, 6.07) is 13.5. The summed E-state index contributed by atoms with van der Waals surface area (Å²) in [6.07, 6.45) is -4.47. The van der Waals surface area contributed by atoms with Crippen molar-refractivity contribution in [2.24, 2.45) is 0 Å². The number of benzene rings is 2. The Hall–Kier alpha value is -2.28. The first kappa shape index (κ1) is 12.2. The van der Waals surface area contributed by atoms with Gasteiger partial charge in [-0.1, -0.05) is 36.4 Å². The molecule has 0 saturated heterocycles. The molecule has 0 aromatic heterocycles. The minimum absolute atomic E-state index is 0.0241. The molecular weight excluding hydrogens is 239 g/mol. The molecule has 0 fully saturated rings. The second-order valence-corrected chi connectivity index (χ2v) is 3.70. The fourth-order valence-corrected chi connectivity index (χ4v) is 1.80. The lowest BCUT2D eigenvalue weighted by Crippen LogP contribution is -2.08. The van der Waals surface area contributed by atoms with Crippen molar-refractivity contribution < 1.29 is 13.2 Å². The van der Waals surface area contributed by atoms with Crippen LogP contribution in [-0.2, 0) is 6.18 Å². The van der Waals surface area contributed by atoms with E-state index >= 15 is 0 Å². The molecule has 2 aromatic rings. The van der Waals surface area contributed by atoms with Crippen LogP contribution in [0.2, 0.25) is 0 Å². The van der Waals surface area contributed by atoms with E-state index < -0.39 is 11.7 Å². The van der Waals surface area contributed by atoms with Gasteiger partial charge >= 0.3 is 6.18 Å². The van der Waals surface area contributed by atoms with Crippen molar-refractivity contribution in [1.82, 2.24) is 0 Å². The van der Waals surface area contributed by atoms with Crippen LogP contribution in [0.4, 0.5) is 13.2 Å². The molecule has 0 saturated carbocycles. The van der Waals surface area contributed by atoms with Gasteiger partial charge in [0, 0.05) is 5.56 Å². The van der Waals surface area contributed by atoms with E-state index in [4.69, 9.17) is 5.26 Å². The van der Waals surface area contributed by atoms with Crippen LogP contribution in [0, 0.1) is 11.3 Å². The first-order valence-corrected chi connectivity index (χ1v) is 5.20. The zero-order valence-electron chi connectivity index (χ0n) is 9.20. The third-order valence-corrected chi connectivity index (χ3v) is 2.55. The van der Waals surface area contributed by atoms with E-state index in [2.05, 4.69) is 0 Å². The van der Waals surface area contributed by atoms with E-state index in [1.165, 1.54) is 12.1 Å². The Morgan fingerprint density at radius 1 is 0.889 bits per heavy atom. The summed E-state index contributed by atoms with van der Waals surface area (Å²) in [5.74, 6) is 0. The first-order valence-electron chi connectivity index (χ1n) is 5.20. The number of alkyl halides is 3. The van der Waals surface area contributed by atoms with Gasteiger partial charge in [-0.05, 0) is 17.7 Å². The SMILES string of the molecule is N#Cc1cccc(C(F)(F)F)c1-c1ccccc1. The predicted molar refractivity (Wildman–Crippen MR) is 61.6 cm³/mol. The molecule has 0 unspecified atom stereocenters. The Labute approximate surface area is 102 Å². The Morgan fingerprint density at radius 2 is 1.56 bits per heavy atom. The van der Waals surface area contributed by atoms with Gasteiger partial charge < -0.3 is 0 Å². The van der Waals surface area contributed by atoms with Crippen LogP contribution >= 0.6 is 0 Å². The quantitative estimate of drug-likeness (QED) is 0.739. The fraction of sp³-hybridized carbons (Fsp3) is 0.0714. The van der Waals surface area contributed by atoms with Gasteiger partial charge in [-0.25, -0.2) is 0 Å². The molecule has 90 valence electrons. The van der Waals surface area contributed by atoms with Crippen LogP contribution in [0.3, 0.4) is 0 Å². The van der Waals surface area contributed by atoms with Crippen molar-refractivity contribution in [2.45, 2.75) is 6.18 Å². The molecule has 2 aromatic carbocycles. The minimum Gasteiger partial charge on any atom is -0.192 e. The van der Waals surface area contributed by atoms with Crippen LogP contribution in [0.5, 0.6) is 0 Å². The van der Waals surface area contributed by atoms with E-state index in [0.29, 0.717) is 5.56 Å². The second kappa shape index (κ2) is 4.53. The van der Waals surface area contributed by atoms with E-state index in [-0.39, 0.29) is 11.1 Å². The molecule has 0 aliphatic heterocycles. The summed E-state index contributed by atoms with van der Waals surface area (Å²) in [5.41, 5.74) is -0.432. The highest BCUT2D eigenvalue weighted by atomic mass is 19.4. The molecule has 18 heavy (non-hydrogen) atoms. The lowest BCUT2D eigenvalue weighted by Gasteiger charge is -2.14. The molecule has 0 aliphatic rings. The van der Waals surface area contributed by atoms with Crippen molar-refractivity contribution in [3.05, 3.63) is 59.7 Å². The third kappa shape index (κ3) is 2.21. The largest absolute Gasteiger partial charge is 0.417 e. The number of nitriles is 1. The van der Waals surface area contributed by atoms with E-state index in [0.717, 1.165) is 6.07 Å². The zero-order valence-corrected chi connectivity index (χ0v) is 9.20. The van der Waals surface area contributed by atoms with Crippen LogP contribution in [-0.4, -0.2) is 0 Å². The number of halogens is 3. The molecule has 0 N–H and O–H groups in total. The predicted octanol–water partition coefficient (Wildman–Crippen LogP) is 4.24. The number of rotatable bonds is 1. The Morgan fingerprint density at radius 3 is 2.11 bits per heavy atom. The van der Waals surface area contributed by atoms with Crippen LogP contribution in [0.1, 0.15) is 11.1 Å². The van der Waals surface area contributed by atoms with Crippen molar-refractivity contribution >= 4 is 0 Å². The maximum atomic E-state index is 12.9. The lowest BCUT2D eigenvalue weighted by atomic mass is 9.94.